The van der Waals surface area contributed by atoms with Crippen LogP contribution in [0.4, 0.5) is 0 Å². The fourth-order valence-corrected chi connectivity index (χ4v) is 2.48. The maximum Gasteiger partial charge on any atom is 0.320 e. The lowest BCUT2D eigenvalue weighted by Gasteiger charge is -2.16. The minimum atomic E-state index is -1.03. The fraction of sp³-hybridized carbons (Fsp3) is 0.750. The number of thioether (sulfide) groups is 1. The number of hydrogen-bond donors (Lipinski definition) is 4. The molecule has 0 aromatic heterocycles. The van der Waals surface area contributed by atoms with E-state index in [-0.39, 0.29) is 24.7 Å². The molecule has 0 aliphatic heterocycles. The van der Waals surface area contributed by atoms with E-state index in [9.17, 15) is 9.59 Å². The van der Waals surface area contributed by atoms with Gasteiger partial charge in [-0.1, -0.05) is 0 Å². The number of carbonyl (C=O) groups is 2. The third kappa shape index (κ3) is 5.88. The Morgan fingerprint density at radius 3 is 2.19 bits per heavy atom. The van der Waals surface area contributed by atoms with Crippen molar-refractivity contribution in [3.05, 3.63) is 0 Å². The molecule has 0 saturated carbocycles. The summed E-state index contributed by atoms with van der Waals surface area (Å²) in [5.41, 5.74) is 0. The molecule has 0 rings (SSSR count). The summed E-state index contributed by atoms with van der Waals surface area (Å²) in [6.07, 6.45) is 0. The number of carboxylic acid groups (broad SMARTS) is 1. The normalized spacial score (nSPS) is 14.2. The second-order valence-corrected chi connectivity index (χ2v) is 4.85. The van der Waals surface area contributed by atoms with Gasteiger partial charge in [0.25, 0.3) is 0 Å². The summed E-state index contributed by atoms with van der Waals surface area (Å²) in [6, 6.07) is 0. The molecule has 0 aliphatic rings. The molecule has 0 bridgehead atoms. The van der Waals surface area contributed by atoms with E-state index in [4.69, 9.17) is 14.9 Å². The van der Waals surface area contributed by atoms with Crippen molar-refractivity contribution in [1.82, 2.24) is 0 Å². The van der Waals surface area contributed by atoms with Crippen LogP contribution in [-0.2, 0) is 14.3 Å². The maximum atomic E-state index is 11.4. The van der Waals surface area contributed by atoms with Gasteiger partial charge in [-0.15, -0.1) is 11.8 Å². The fourth-order valence-electron chi connectivity index (χ4n) is 0.790. The molecule has 0 aliphatic carbocycles. The summed E-state index contributed by atoms with van der Waals surface area (Å²) in [5, 5.41) is 15.8. The van der Waals surface area contributed by atoms with Gasteiger partial charge in [0, 0.05) is 11.5 Å². The molecule has 0 saturated heterocycles. The van der Waals surface area contributed by atoms with Crippen molar-refractivity contribution in [3.63, 3.8) is 0 Å². The molecule has 0 aromatic carbocycles. The third-order valence-electron chi connectivity index (χ3n) is 1.53. The minimum Gasteiger partial charge on any atom is -0.480 e. The molecule has 0 aromatic rings. The van der Waals surface area contributed by atoms with Crippen molar-refractivity contribution in [2.75, 3.05) is 24.7 Å². The first-order valence-corrected chi connectivity index (χ1v) is 6.65. The summed E-state index contributed by atoms with van der Waals surface area (Å²) in [5.74, 6) is -1.30. The number of carboxylic acids is 1. The average Bonchev–Trinajstić information content (AvgIpc) is 2.27. The van der Waals surface area contributed by atoms with Crippen LogP contribution >= 0.6 is 37.0 Å². The van der Waals surface area contributed by atoms with E-state index < -0.39 is 22.4 Å². The van der Waals surface area contributed by atoms with E-state index in [0.717, 1.165) is 11.8 Å². The molecule has 0 amide bonds. The van der Waals surface area contributed by atoms with Gasteiger partial charge in [-0.05, 0) is 0 Å². The minimum absolute atomic E-state index is 0.0950. The van der Waals surface area contributed by atoms with E-state index >= 15 is 0 Å². The number of hydrogen-bond acceptors (Lipinski definition) is 7. The Bertz CT molecular complexity index is 236. The van der Waals surface area contributed by atoms with Crippen LogP contribution in [0, 0.1) is 0 Å². The molecular weight excluding hydrogens is 272 g/mol. The lowest BCUT2D eigenvalue weighted by Crippen LogP contribution is -2.29. The number of rotatable bonds is 8. The van der Waals surface area contributed by atoms with Crippen LogP contribution in [-0.4, -0.2) is 57.4 Å². The summed E-state index contributed by atoms with van der Waals surface area (Å²) in [4.78, 5) is 22.1. The molecule has 16 heavy (non-hydrogen) atoms. The zero-order chi connectivity index (χ0) is 12.6. The van der Waals surface area contributed by atoms with E-state index in [1.165, 1.54) is 0 Å². The SMILES string of the molecule is O=C(O)C(CS)SC(CS)C(=O)OCCO. The van der Waals surface area contributed by atoms with Gasteiger partial charge in [-0.3, -0.25) is 9.59 Å². The standard InChI is InChI=1S/C8H14O5S3/c9-1-2-13-8(12)6(4-15)16-5(3-14)7(10)11/h5-6,9,14-15H,1-4H2,(H,10,11). The zero-order valence-electron chi connectivity index (χ0n) is 8.40. The highest BCUT2D eigenvalue weighted by Gasteiger charge is 2.26. The predicted molar refractivity (Wildman–Crippen MR) is 68.6 cm³/mol. The Morgan fingerprint density at radius 1 is 1.25 bits per heavy atom. The lowest BCUT2D eigenvalue weighted by atomic mass is 10.5. The number of carbonyl (C=O) groups excluding carboxylic acids is 1. The van der Waals surface area contributed by atoms with E-state index in [1.54, 1.807) is 0 Å². The van der Waals surface area contributed by atoms with Gasteiger partial charge in [-0.25, -0.2) is 0 Å². The number of esters is 1. The van der Waals surface area contributed by atoms with E-state index in [2.05, 4.69) is 25.3 Å². The van der Waals surface area contributed by atoms with Crippen LogP contribution in [0.15, 0.2) is 0 Å². The van der Waals surface area contributed by atoms with Crippen molar-refractivity contribution in [2.24, 2.45) is 0 Å². The number of aliphatic carboxylic acids is 1. The van der Waals surface area contributed by atoms with Gasteiger partial charge < -0.3 is 14.9 Å². The Hall–Kier alpha value is -0.0500. The van der Waals surface area contributed by atoms with Crippen LogP contribution in [0.3, 0.4) is 0 Å². The highest BCUT2D eigenvalue weighted by Crippen LogP contribution is 2.21. The molecule has 0 spiro atoms. The Balaban J connectivity index is 4.26. The topological polar surface area (TPSA) is 83.8 Å². The number of thiol groups is 2. The Kier molecular flexibility index (Phi) is 9.00. The highest BCUT2D eigenvalue weighted by atomic mass is 32.2. The molecule has 94 valence electrons. The summed E-state index contributed by atoms with van der Waals surface area (Å²) >= 11 is 8.79. The van der Waals surface area contributed by atoms with Crippen molar-refractivity contribution in [2.45, 2.75) is 10.5 Å². The van der Waals surface area contributed by atoms with E-state index in [0.29, 0.717) is 0 Å². The molecule has 2 unspecified atom stereocenters. The molecular formula is C8H14O5S3. The van der Waals surface area contributed by atoms with Crippen molar-refractivity contribution in [3.8, 4) is 0 Å². The quantitative estimate of drug-likeness (QED) is 0.369. The highest BCUT2D eigenvalue weighted by molar-refractivity contribution is 8.03. The molecule has 0 radical (unpaired) electrons. The van der Waals surface area contributed by atoms with Crippen LogP contribution in [0.5, 0.6) is 0 Å². The van der Waals surface area contributed by atoms with Crippen molar-refractivity contribution >= 4 is 49.0 Å². The second-order valence-electron chi connectivity index (χ2n) is 2.71. The third-order valence-corrected chi connectivity index (χ3v) is 4.14. The second kappa shape index (κ2) is 9.03. The number of aliphatic hydroxyl groups excluding tert-OH is 1. The monoisotopic (exact) mass is 286 g/mol. The summed E-state index contributed by atoms with van der Waals surface area (Å²) in [7, 11) is 0. The van der Waals surface area contributed by atoms with Crippen molar-refractivity contribution < 1.29 is 24.5 Å². The molecule has 8 heteroatoms. The van der Waals surface area contributed by atoms with Crippen LogP contribution < -0.4 is 0 Å². The van der Waals surface area contributed by atoms with Gasteiger partial charge in [-0.2, -0.15) is 25.3 Å². The molecule has 2 atom stereocenters. The average molecular weight is 286 g/mol. The largest absolute Gasteiger partial charge is 0.480 e. The molecule has 0 heterocycles. The first kappa shape index (κ1) is 16.0. The Labute approximate surface area is 109 Å². The predicted octanol–water partition coefficient (Wildman–Crippen LogP) is -0.0635. The molecule has 2 N–H and O–H groups in total. The summed E-state index contributed by atoms with van der Waals surface area (Å²) < 4.78 is 4.69. The van der Waals surface area contributed by atoms with Gasteiger partial charge in [0.05, 0.1) is 6.61 Å². The Morgan fingerprint density at radius 2 is 1.81 bits per heavy atom. The molecule has 5 nitrogen and oxygen atoms in total. The zero-order valence-corrected chi connectivity index (χ0v) is 11.0. The van der Waals surface area contributed by atoms with Gasteiger partial charge in [0.1, 0.15) is 17.1 Å². The number of aliphatic hydroxyl groups is 1. The first-order valence-electron chi connectivity index (χ1n) is 4.44. The van der Waals surface area contributed by atoms with Crippen LogP contribution in [0.1, 0.15) is 0 Å². The first-order chi connectivity index (χ1) is 7.56. The number of ether oxygens (including phenoxy) is 1. The van der Waals surface area contributed by atoms with Crippen molar-refractivity contribution in [1.29, 1.82) is 0 Å². The summed E-state index contributed by atoms with van der Waals surface area (Å²) in [6.45, 7) is -0.354. The molecule has 0 fully saturated rings. The van der Waals surface area contributed by atoms with Gasteiger partial charge in [0.15, 0.2) is 0 Å². The smallest absolute Gasteiger partial charge is 0.320 e. The van der Waals surface area contributed by atoms with Gasteiger partial charge in [0.2, 0.25) is 0 Å². The lowest BCUT2D eigenvalue weighted by molar-refractivity contribution is -0.143. The van der Waals surface area contributed by atoms with Crippen LogP contribution in [0.25, 0.3) is 0 Å². The van der Waals surface area contributed by atoms with Crippen LogP contribution in [0.2, 0.25) is 0 Å². The van der Waals surface area contributed by atoms with E-state index in [1.807, 2.05) is 0 Å². The maximum absolute atomic E-state index is 11.4. The van der Waals surface area contributed by atoms with Gasteiger partial charge >= 0.3 is 11.9 Å².